The number of allylic oxidation sites excluding steroid dienone is 1. The summed E-state index contributed by atoms with van der Waals surface area (Å²) >= 11 is 3.58. The molecule has 0 amide bonds. The van der Waals surface area contributed by atoms with Crippen LogP contribution in [-0.4, -0.2) is 32.9 Å². The molecule has 328 valence electrons. The van der Waals surface area contributed by atoms with E-state index in [4.69, 9.17) is 13.6 Å². The molecule has 3 fully saturated rings. The second kappa shape index (κ2) is 25.3. The maximum Gasteiger partial charge on any atom is 0.333 e. The number of halogens is 1. The van der Waals surface area contributed by atoms with Crippen LogP contribution < -0.4 is 0 Å². The summed E-state index contributed by atoms with van der Waals surface area (Å²) in [5.74, 6) is 5.35. The number of hydrogen-bond donors (Lipinski definition) is 0. The lowest BCUT2D eigenvalue weighted by molar-refractivity contribution is -0.150. The first kappa shape index (κ1) is 49.0. The van der Waals surface area contributed by atoms with Crippen molar-refractivity contribution in [3.8, 4) is 0 Å². The van der Waals surface area contributed by atoms with E-state index in [0.29, 0.717) is 10.8 Å². The van der Waals surface area contributed by atoms with E-state index in [1.165, 1.54) is 167 Å². The average Bonchev–Trinajstić information content (AvgIpc) is 3.52. The van der Waals surface area contributed by atoms with Crippen molar-refractivity contribution in [2.24, 2.45) is 46.3 Å². The minimum atomic E-state index is -2.29. The average molecular weight is 864 g/mol. The summed E-state index contributed by atoms with van der Waals surface area (Å²) in [6.45, 7) is 20.5. The van der Waals surface area contributed by atoms with Gasteiger partial charge >= 0.3 is 8.56 Å². The van der Waals surface area contributed by atoms with E-state index in [0.717, 1.165) is 66.7 Å². The molecule has 0 aromatic rings. The molecule has 0 radical (unpaired) electrons. The Morgan fingerprint density at radius 1 is 0.714 bits per heavy atom. The fraction of sp³-hybridized carbons (Fsp3) is 0.961. The monoisotopic (exact) mass is 863 g/mol. The molecule has 0 spiro atoms. The Morgan fingerprint density at radius 2 is 1.36 bits per heavy atom. The van der Waals surface area contributed by atoms with Crippen LogP contribution in [0.3, 0.4) is 0 Å². The zero-order chi connectivity index (χ0) is 40.4. The van der Waals surface area contributed by atoms with E-state index in [1.54, 1.807) is 5.57 Å². The molecule has 3 saturated carbocycles. The van der Waals surface area contributed by atoms with Crippen molar-refractivity contribution in [1.29, 1.82) is 0 Å². The molecule has 0 saturated heterocycles. The Balaban J connectivity index is 1.28. The zero-order valence-electron chi connectivity index (χ0n) is 38.7. The van der Waals surface area contributed by atoms with Crippen LogP contribution in [0, 0.1) is 46.3 Å². The lowest BCUT2D eigenvalue weighted by Crippen LogP contribution is -2.51. The number of ether oxygens (including phenoxy) is 1. The Hall–Kier alpha value is 0.317. The van der Waals surface area contributed by atoms with Crippen molar-refractivity contribution in [3.05, 3.63) is 11.6 Å². The fourth-order valence-corrected chi connectivity index (χ4v) is 14.6. The third kappa shape index (κ3) is 15.0. The molecule has 0 aromatic carbocycles. The van der Waals surface area contributed by atoms with Gasteiger partial charge in [0.1, 0.15) is 6.29 Å². The highest BCUT2D eigenvalue weighted by Gasteiger charge is 2.59. The van der Waals surface area contributed by atoms with E-state index in [-0.39, 0.29) is 12.4 Å². The van der Waals surface area contributed by atoms with Gasteiger partial charge in [-0.05, 0) is 136 Å². The van der Waals surface area contributed by atoms with E-state index in [9.17, 15) is 0 Å². The second-order valence-corrected chi connectivity index (χ2v) is 25.3. The van der Waals surface area contributed by atoms with Crippen LogP contribution >= 0.6 is 15.9 Å². The number of unbranched alkanes of at least 4 members (excludes halogenated alkanes) is 15. The molecule has 0 bridgehead atoms. The first-order chi connectivity index (χ1) is 26.9. The van der Waals surface area contributed by atoms with Gasteiger partial charge in [-0.3, -0.25) is 0 Å². The van der Waals surface area contributed by atoms with E-state index < -0.39 is 8.56 Å². The quantitative estimate of drug-likeness (QED) is 0.0237. The molecule has 0 aliphatic heterocycles. The van der Waals surface area contributed by atoms with E-state index >= 15 is 0 Å². The van der Waals surface area contributed by atoms with Crippen molar-refractivity contribution in [2.45, 2.75) is 253 Å². The Kier molecular flexibility index (Phi) is 22.1. The molecular formula is C51H95BrO3Si. The van der Waals surface area contributed by atoms with Crippen LogP contribution in [-0.2, 0) is 13.6 Å². The molecule has 0 aromatic heterocycles. The number of rotatable bonds is 30. The van der Waals surface area contributed by atoms with Crippen LogP contribution in [0.15, 0.2) is 11.6 Å². The minimum Gasteiger partial charge on any atom is -0.394 e. The van der Waals surface area contributed by atoms with Gasteiger partial charge in [-0.25, -0.2) is 0 Å². The van der Waals surface area contributed by atoms with Gasteiger partial charge in [0.2, 0.25) is 0 Å². The van der Waals surface area contributed by atoms with Crippen molar-refractivity contribution in [2.75, 3.05) is 11.9 Å². The third-order valence-corrected chi connectivity index (χ3v) is 18.3. The smallest absolute Gasteiger partial charge is 0.333 e. The van der Waals surface area contributed by atoms with Crippen LogP contribution in [0.5, 0.6) is 0 Å². The predicted molar refractivity (Wildman–Crippen MR) is 249 cm³/mol. The highest BCUT2D eigenvalue weighted by molar-refractivity contribution is 9.09. The van der Waals surface area contributed by atoms with Gasteiger partial charge in [0.05, 0.1) is 6.10 Å². The molecule has 0 heterocycles. The van der Waals surface area contributed by atoms with Gasteiger partial charge < -0.3 is 13.6 Å². The summed E-state index contributed by atoms with van der Waals surface area (Å²) in [5.41, 5.74) is 2.67. The van der Waals surface area contributed by atoms with E-state index in [1.807, 2.05) is 0 Å². The van der Waals surface area contributed by atoms with Crippen LogP contribution in [0.1, 0.15) is 228 Å². The highest BCUT2D eigenvalue weighted by atomic mass is 79.9. The lowest BCUT2D eigenvalue weighted by Gasteiger charge is -2.58. The highest BCUT2D eigenvalue weighted by Crippen LogP contribution is 2.67. The van der Waals surface area contributed by atoms with E-state index in [2.05, 4.69) is 76.6 Å². The summed E-state index contributed by atoms with van der Waals surface area (Å²) in [7, 11) is -2.29. The molecule has 4 aliphatic carbocycles. The largest absolute Gasteiger partial charge is 0.394 e. The number of hydrogen-bond acceptors (Lipinski definition) is 3. The molecular weight excluding hydrogens is 769 g/mol. The molecule has 56 heavy (non-hydrogen) atoms. The van der Waals surface area contributed by atoms with Gasteiger partial charge in [-0.15, -0.1) is 0 Å². The van der Waals surface area contributed by atoms with Gasteiger partial charge in [0.15, 0.2) is 0 Å². The summed E-state index contributed by atoms with van der Waals surface area (Å²) in [6.07, 6.45) is 41.9. The Bertz CT molecular complexity index is 1090. The van der Waals surface area contributed by atoms with Crippen LogP contribution in [0.2, 0.25) is 13.1 Å². The first-order valence-corrected chi connectivity index (χ1v) is 29.1. The summed E-state index contributed by atoms with van der Waals surface area (Å²) in [5, 5.41) is 1.10. The Labute approximate surface area is 359 Å². The first-order valence-electron chi connectivity index (χ1n) is 25.2. The minimum absolute atomic E-state index is 0.127. The van der Waals surface area contributed by atoms with Crippen molar-refractivity contribution in [1.82, 2.24) is 0 Å². The van der Waals surface area contributed by atoms with Crippen LogP contribution in [0.4, 0.5) is 0 Å². The molecule has 5 heteroatoms. The molecule has 4 aliphatic rings. The second-order valence-electron chi connectivity index (χ2n) is 21.2. The predicted octanol–water partition coefficient (Wildman–Crippen LogP) is 16.9. The maximum atomic E-state index is 7.08. The summed E-state index contributed by atoms with van der Waals surface area (Å²) < 4.78 is 20.5. The third-order valence-electron chi connectivity index (χ3n) is 16.0. The molecule has 4 rings (SSSR count). The number of fused-ring (bicyclic) bond motifs is 5. The van der Waals surface area contributed by atoms with Crippen molar-refractivity contribution < 1.29 is 13.6 Å². The molecule has 9 unspecified atom stereocenters. The molecule has 3 nitrogen and oxygen atoms in total. The fourth-order valence-electron chi connectivity index (χ4n) is 12.7. The van der Waals surface area contributed by atoms with Crippen molar-refractivity contribution in [3.63, 3.8) is 0 Å². The van der Waals surface area contributed by atoms with Gasteiger partial charge in [-0.2, -0.15) is 0 Å². The molecule has 0 N–H and O–H groups in total. The zero-order valence-corrected chi connectivity index (χ0v) is 41.3. The van der Waals surface area contributed by atoms with Crippen molar-refractivity contribution >= 4 is 24.5 Å². The summed E-state index contributed by atoms with van der Waals surface area (Å²) in [4.78, 5) is 0. The number of alkyl halides is 1. The lowest BCUT2D eigenvalue weighted by atomic mass is 9.47. The standard InChI is InChI=1S/C51H95BrO3Si/c1-9-10-11-12-13-14-15-16-17-18-19-20-23-29-49(55-56(7,8)53-39-25-22-21-24-38-52)54-44-34-36-50(5)43(40-44)30-31-45-47-33-32-46(42(4)28-26-27-41(2)3)51(47,6)37-35-48(45)50/h30,41-42,44-49H,9-29,31-40H2,1-8H3. The SMILES string of the molecule is CCCCCCCCCCCCCCCC(OC1CCC2(C)C(=CCC3C2CCC2(C)C(C(C)CCCC(C)C)CCC32)C1)O[Si](C)(C)OCCCCCCBr. The van der Waals surface area contributed by atoms with Crippen LogP contribution in [0.25, 0.3) is 0 Å². The normalized spacial score (nSPS) is 30.2. The Morgan fingerprint density at radius 3 is 2.02 bits per heavy atom. The topological polar surface area (TPSA) is 27.7 Å². The van der Waals surface area contributed by atoms with Gasteiger partial charge in [-0.1, -0.05) is 178 Å². The van der Waals surface area contributed by atoms with Gasteiger partial charge in [0.25, 0.3) is 0 Å². The maximum absolute atomic E-state index is 7.08. The van der Waals surface area contributed by atoms with Gasteiger partial charge in [0, 0.05) is 11.9 Å². The molecule has 9 atom stereocenters. The summed E-state index contributed by atoms with van der Waals surface area (Å²) in [6, 6.07) is 0.